The van der Waals surface area contributed by atoms with Crippen LogP contribution in [0.25, 0.3) is 0 Å². The molecule has 1 saturated heterocycles. The summed E-state index contributed by atoms with van der Waals surface area (Å²) < 4.78 is 23.4. The predicted octanol–water partition coefficient (Wildman–Crippen LogP) is 1.58. The Morgan fingerprint density at radius 3 is 3.00 bits per heavy atom. The third-order valence-corrected chi connectivity index (χ3v) is 2.25. The summed E-state index contributed by atoms with van der Waals surface area (Å²) in [5.41, 5.74) is 0. The summed E-state index contributed by atoms with van der Waals surface area (Å²) in [7, 11) is 0. The van der Waals surface area contributed by atoms with Crippen molar-refractivity contribution >= 4 is 18.3 Å². The van der Waals surface area contributed by atoms with Gasteiger partial charge in [0.2, 0.25) is 12.3 Å². The van der Waals surface area contributed by atoms with Crippen LogP contribution in [0.15, 0.2) is 0 Å². The lowest BCUT2D eigenvalue weighted by Crippen LogP contribution is -2.27. The maximum atomic E-state index is 10.9. The summed E-state index contributed by atoms with van der Waals surface area (Å²) >= 11 is 0.0605. The van der Waals surface area contributed by atoms with E-state index in [1.165, 1.54) is 0 Å². The van der Waals surface area contributed by atoms with Gasteiger partial charge in [0.1, 0.15) is 0 Å². The highest BCUT2D eigenvalue weighted by molar-refractivity contribution is 7.89. The highest BCUT2D eigenvalue weighted by atomic mass is 32.2. The fraction of sp³-hybridized carbons (Fsp3) is 0.875. The second kappa shape index (κ2) is 4.97. The van der Waals surface area contributed by atoms with Gasteiger partial charge in [-0.25, -0.2) is 0 Å². The fourth-order valence-corrected chi connectivity index (χ4v) is 1.50. The Hall–Kier alpha value is -0.300. The molecular formula is C8H14O5S. The van der Waals surface area contributed by atoms with E-state index in [1.807, 2.05) is 6.92 Å². The van der Waals surface area contributed by atoms with Crippen molar-refractivity contribution in [3.8, 4) is 0 Å². The van der Waals surface area contributed by atoms with Crippen LogP contribution in [0.2, 0.25) is 0 Å². The van der Waals surface area contributed by atoms with Crippen LogP contribution in [0.5, 0.6) is 0 Å². The highest BCUT2D eigenvalue weighted by Gasteiger charge is 2.35. The molecule has 6 heteroatoms. The molecule has 0 bridgehead atoms. The van der Waals surface area contributed by atoms with Gasteiger partial charge in [-0.15, -0.1) is 0 Å². The van der Waals surface area contributed by atoms with Crippen molar-refractivity contribution in [2.75, 3.05) is 6.61 Å². The third kappa shape index (κ3) is 3.45. The summed E-state index contributed by atoms with van der Waals surface area (Å²) in [6.45, 7) is 4.24. The molecule has 0 aromatic heterocycles. The number of carbonyl (C=O) groups is 1. The Labute approximate surface area is 87.1 Å². The third-order valence-electron chi connectivity index (χ3n) is 1.99. The maximum absolute atomic E-state index is 10.9. The topological polar surface area (TPSA) is 65.0 Å². The maximum Gasteiger partial charge on any atom is 0.320 e. The van der Waals surface area contributed by atoms with Gasteiger partial charge >= 0.3 is 5.97 Å². The summed E-state index contributed by atoms with van der Waals surface area (Å²) in [6.07, 6.45) is 0.649. The molecule has 1 heterocycles. The second-order valence-corrected chi connectivity index (χ2v) is 3.72. The Morgan fingerprint density at radius 2 is 2.50 bits per heavy atom. The number of hydrogen-bond acceptors (Lipinski definition) is 6. The molecule has 1 N–H and O–H groups in total. The van der Waals surface area contributed by atoms with Crippen LogP contribution in [-0.4, -0.2) is 29.0 Å². The number of ether oxygens (including phenoxy) is 2. The van der Waals surface area contributed by atoms with Gasteiger partial charge in [0.25, 0.3) is 0 Å². The van der Waals surface area contributed by atoms with Crippen molar-refractivity contribution in [2.45, 2.75) is 38.6 Å². The van der Waals surface area contributed by atoms with Gasteiger partial charge in [-0.2, -0.15) is 0 Å². The molecule has 0 radical (unpaired) electrons. The normalized spacial score (nSPS) is 31.8. The summed E-state index contributed by atoms with van der Waals surface area (Å²) in [4.78, 5) is 10.9. The molecule has 0 aromatic carbocycles. The minimum absolute atomic E-state index is 0.0586. The number of hydrogen-bond donors (Lipinski definition) is 1. The van der Waals surface area contributed by atoms with Gasteiger partial charge in [0.15, 0.2) is 5.79 Å². The highest BCUT2D eigenvalue weighted by Crippen LogP contribution is 2.27. The van der Waals surface area contributed by atoms with Crippen LogP contribution in [0.3, 0.4) is 0 Å². The first kappa shape index (κ1) is 11.8. The van der Waals surface area contributed by atoms with E-state index >= 15 is 0 Å². The zero-order chi connectivity index (χ0) is 10.6. The van der Waals surface area contributed by atoms with Crippen molar-refractivity contribution in [1.29, 1.82) is 0 Å². The minimum Gasteiger partial charge on any atom is -0.364 e. The van der Waals surface area contributed by atoms with Gasteiger partial charge in [-0.05, 0) is 13.8 Å². The lowest BCUT2D eigenvalue weighted by molar-refractivity contribution is -0.163. The summed E-state index contributed by atoms with van der Waals surface area (Å²) in [5, 5.41) is 0. The zero-order valence-electron chi connectivity index (χ0n) is 8.19. The standard InChI is InChI=1S/C8H14O5S/c1-6-5-11-8(2,12-6)4-3-7(9)13-14-10/h6,10H,3-5H2,1-2H3. The largest absolute Gasteiger partial charge is 0.364 e. The SMILES string of the molecule is CC1COC(C)(CCC(=O)OSO)O1. The first-order chi connectivity index (χ1) is 6.56. The van der Waals surface area contributed by atoms with E-state index in [1.54, 1.807) is 6.92 Å². The monoisotopic (exact) mass is 222 g/mol. The Balaban J connectivity index is 2.27. The van der Waals surface area contributed by atoms with Gasteiger partial charge < -0.3 is 13.7 Å². The van der Waals surface area contributed by atoms with Crippen LogP contribution in [0.1, 0.15) is 26.7 Å². The van der Waals surface area contributed by atoms with E-state index in [2.05, 4.69) is 4.18 Å². The van der Waals surface area contributed by atoms with Gasteiger partial charge in [-0.3, -0.25) is 9.35 Å². The minimum atomic E-state index is -0.696. The van der Waals surface area contributed by atoms with Crippen molar-refractivity contribution in [3.05, 3.63) is 0 Å². The fourth-order valence-electron chi connectivity index (χ4n) is 1.33. The van der Waals surface area contributed by atoms with Gasteiger partial charge in [0.05, 0.1) is 19.1 Å². The molecular weight excluding hydrogens is 208 g/mol. The molecule has 2 atom stereocenters. The number of rotatable bonds is 4. The van der Waals surface area contributed by atoms with Gasteiger partial charge in [0, 0.05) is 6.42 Å². The molecule has 1 rings (SSSR count). The van der Waals surface area contributed by atoms with Crippen LogP contribution < -0.4 is 0 Å². The van der Waals surface area contributed by atoms with E-state index in [0.29, 0.717) is 13.0 Å². The predicted molar refractivity (Wildman–Crippen MR) is 50.4 cm³/mol. The molecule has 0 saturated carbocycles. The van der Waals surface area contributed by atoms with E-state index in [4.69, 9.17) is 14.0 Å². The Bertz CT molecular complexity index is 210. The van der Waals surface area contributed by atoms with E-state index in [0.717, 1.165) is 0 Å². The average Bonchev–Trinajstić information content (AvgIpc) is 2.45. The first-order valence-electron chi connectivity index (χ1n) is 4.38. The van der Waals surface area contributed by atoms with Crippen molar-refractivity contribution < 1.29 is 23.0 Å². The summed E-state index contributed by atoms with van der Waals surface area (Å²) in [5.74, 6) is -1.18. The molecule has 1 aliphatic rings. The van der Waals surface area contributed by atoms with Crippen LogP contribution in [0.4, 0.5) is 0 Å². The van der Waals surface area contributed by atoms with Crippen molar-refractivity contribution in [2.24, 2.45) is 0 Å². The Morgan fingerprint density at radius 1 is 1.79 bits per heavy atom. The molecule has 0 spiro atoms. The van der Waals surface area contributed by atoms with E-state index in [-0.39, 0.29) is 24.8 Å². The molecule has 0 aromatic rings. The molecule has 14 heavy (non-hydrogen) atoms. The molecule has 2 unspecified atom stereocenters. The zero-order valence-corrected chi connectivity index (χ0v) is 9.00. The smallest absolute Gasteiger partial charge is 0.320 e. The lowest BCUT2D eigenvalue weighted by atomic mass is 10.2. The first-order valence-corrected chi connectivity index (χ1v) is 5.08. The quantitative estimate of drug-likeness (QED) is 0.728. The molecule has 1 aliphatic heterocycles. The number of carbonyl (C=O) groups excluding carboxylic acids is 1. The molecule has 5 nitrogen and oxygen atoms in total. The van der Waals surface area contributed by atoms with Crippen LogP contribution in [0, 0.1) is 0 Å². The Kier molecular flexibility index (Phi) is 4.18. The summed E-state index contributed by atoms with van der Waals surface area (Å²) in [6, 6.07) is 0. The molecule has 82 valence electrons. The average molecular weight is 222 g/mol. The molecule has 0 aliphatic carbocycles. The van der Waals surface area contributed by atoms with E-state index < -0.39 is 11.8 Å². The van der Waals surface area contributed by atoms with Crippen LogP contribution in [-0.2, 0) is 18.5 Å². The van der Waals surface area contributed by atoms with Crippen molar-refractivity contribution in [3.63, 3.8) is 0 Å². The second-order valence-electron chi connectivity index (χ2n) is 3.40. The molecule has 0 amide bonds. The van der Waals surface area contributed by atoms with Gasteiger partial charge in [-0.1, -0.05) is 0 Å². The van der Waals surface area contributed by atoms with E-state index in [9.17, 15) is 4.79 Å². The van der Waals surface area contributed by atoms with Crippen molar-refractivity contribution in [1.82, 2.24) is 0 Å². The molecule has 1 fully saturated rings. The lowest BCUT2D eigenvalue weighted by Gasteiger charge is -2.21. The van der Waals surface area contributed by atoms with Crippen LogP contribution >= 0.6 is 12.3 Å².